The zero-order valence-electron chi connectivity index (χ0n) is 10.2. The van der Waals surface area contributed by atoms with Gasteiger partial charge in [0, 0.05) is 6.54 Å². The summed E-state index contributed by atoms with van der Waals surface area (Å²) in [6.07, 6.45) is 0.591. The summed E-state index contributed by atoms with van der Waals surface area (Å²) in [6, 6.07) is 0. The number of nitrogens with one attached hydrogen (secondary N) is 1. The van der Waals surface area contributed by atoms with Gasteiger partial charge in [0.2, 0.25) is 0 Å². The second-order valence-corrected chi connectivity index (χ2v) is 7.33. The van der Waals surface area contributed by atoms with Crippen LogP contribution in [0.4, 0.5) is 0 Å². The zero-order chi connectivity index (χ0) is 12.4. The maximum atomic E-state index is 11.4. The lowest BCUT2D eigenvalue weighted by molar-refractivity contribution is 0.468. The van der Waals surface area contributed by atoms with E-state index in [4.69, 9.17) is 5.73 Å². The maximum Gasteiger partial charge on any atom is 0.189 e. The van der Waals surface area contributed by atoms with E-state index < -0.39 is 15.4 Å². The van der Waals surface area contributed by atoms with Crippen molar-refractivity contribution in [2.45, 2.75) is 32.7 Å². The molecule has 94 valence electrons. The molecule has 1 saturated heterocycles. The smallest absolute Gasteiger partial charge is 0.189 e. The van der Waals surface area contributed by atoms with Crippen LogP contribution in [0.15, 0.2) is 4.99 Å². The largest absolute Gasteiger partial charge is 0.370 e. The summed E-state index contributed by atoms with van der Waals surface area (Å²) in [4.78, 5) is 4.17. The molecule has 6 heteroatoms. The minimum absolute atomic E-state index is 0.137. The molecular formula is C10H21N3O2S. The maximum absolute atomic E-state index is 11.4. The third kappa shape index (κ3) is 4.00. The van der Waals surface area contributed by atoms with Gasteiger partial charge in [0.25, 0.3) is 0 Å². The predicted molar refractivity (Wildman–Crippen MR) is 66.1 cm³/mol. The minimum Gasteiger partial charge on any atom is -0.370 e. The number of nitrogens with zero attached hydrogens (tertiary/aromatic N) is 1. The van der Waals surface area contributed by atoms with E-state index in [0.717, 1.165) is 0 Å². The molecule has 1 aliphatic heterocycles. The molecule has 0 bridgehead atoms. The fourth-order valence-corrected chi connectivity index (χ4v) is 3.83. The van der Waals surface area contributed by atoms with Crippen molar-refractivity contribution in [1.82, 2.24) is 5.32 Å². The molecule has 1 atom stereocenters. The highest BCUT2D eigenvalue weighted by Crippen LogP contribution is 2.22. The molecule has 0 aromatic rings. The molecule has 1 fully saturated rings. The third-order valence-electron chi connectivity index (χ3n) is 2.56. The number of sulfone groups is 1. The molecule has 1 aliphatic rings. The summed E-state index contributed by atoms with van der Waals surface area (Å²) < 4.78 is 22.7. The van der Waals surface area contributed by atoms with Crippen molar-refractivity contribution in [3.63, 3.8) is 0 Å². The number of hydrogen-bond donors (Lipinski definition) is 2. The van der Waals surface area contributed by atoms with Crippen LogP contribution in [0.3, 0.4) is 0 Å². The monoisotopic (exact) mass is 247 g/mol. The first-order chi connectivity index (χ1) is 7.22. The summed E-state index contributed by atoms with van der Waals surface area (Å²) in [6.45, 7) is 6.63. The third-order valence-corrected chi connectivity index (χ3v) is 4.46. The molecule has 0 radical (unpaired) electrons. The first-order valence-corrected chi connectivity index (χ1v) is 7.33. The molecule has 0 aromatic heterocycles. The van der Waals surface area contributed by atoms with Gasteiger partial charge < -0.3 is 11.1 Å². The molecule has 0 spiro atoms. The molecule has 1 rings (SSSR count). The van der Waals surface area contributed by atoms with E-state index in [-0.39, 0.29) is 11.5 Å². The van der Waals surface area contributed by atoms with Crippen molar-refractivity contribution in [1.29, 1.82) is 0 Å². The van der Waals surface area contributed by atoms with E-state index >= 15 is 0 Å². The first-order valence-electron chi connectivity index (χ1n) is 5.51. The summed E-state index contributed by atoms with van der Waals surface area (Å²) >= 11 is 0. The molecule has 1 heterocycles. The Morgan fingerprint density at radius 3 is 2.62 bits per heavy atom. The number of hydrogen-bond acceptors (Lipinski definition) is 3. The van der Waals surface area contributed by atoms with Gasteiger partial charge in [-0.1, -0.05) is 13.8 Å². The molecule has 0 amide bonds. The van der Waals surface area contributed by atoms with Crippen LogP contribution in [0, 0.1) is 5.92 Å². The van der Waals surface area contributed by atoms with Gasteiger partial charge in [-0.2, -0.15) is 0 Å². The Bertz CT molecular complexity index is 376. The molecule has 3 N–H and O–H groups in total. The highest BCUT2D eigenvalue weighted by atomic mass is 32.2. The van der Waals surface area contributed by atoms with Crippen molar-refractivity contribution in [3.8, 4) is 0 Å². The number of nitrogens with two attached hydrogens (primary N) is 1. The van der Waals surface area contributed by atoms with Crippen LogP contribution in [0.1, 0.15) is 27.2 Å². The Kier molecular flexibility index (Phi) is 3.83. The van der Waals surface area contributed by atoms with Gasteiger partial charge in [0.15, 0.2) is 15.8 Å². The lowest BCUT2D eigenvalue weighted by atomic mass is 10.0. The quantitative estimate of drug-likeness (QED) is 0.548. The number of guanidine groups is 1. The van der Waals surface area contributed by atoms with Crippen LogP contribution in [-0.2, 0) is 9.84 Å². The van der Waals surface area contributed by atoms with Crippen molar-refractivity contribution in [3.05, 3.63) is 0 Å². The summed E-state index contributed by atoms with van der Waals surface area (Å²) in [5, 5.41) is 3.01. The topological polar surface area (TPSA) is 84.5 Å². The van der Waals surface area contributed by atoms with Gasteiger partial charge in [-0.25, -0.2) is 8.42 Å². The SMILES string of the molecule is CC(C)CN=C(N)NC1(C)CCS(=O)(=O)C1. The average molecular weight is 247 g/mol. The molecule has 1 unspecified atom stereocenters. The van der Waals surface area contributed by atoms with Gasteiger partial charge in [-0.15, -0.1) is 0 Å². The summed E-state index contributed by atoms with van der Waals surface area (Å²) in [7, 11) is -2.90. The van der Waals surface area contributed by atoms with Crippen LogP contribution >= 0.6 is 0 Å². The van der Waals surface area contributed by atoms with Crippen molar-refractivity contribution in [2.75, 3.05) is 18.1 Å². The first kappa shape index (κ1) is 13.3. The van der Waals surface area contributed by atoms with Gasteiger partial charge in [-0.3, -0.25) is 4.99 Å². The van der Waals surface area contributed by atoms with Crippen molar-refractivity contribution < 1.29 is 8.42 Å². The molecular weight excluding hydrogens is 226 g/mol. The van der Waals surface area contributed by atoms with Crippen LogP contribution in [0.2, 0.25) is 0 Å². The van der Waals surface area contributed by atoms with Crippen molar-refractivity contribution >= 4 is 15.8 Å². The van der Waals surface area contributed by atoms with E-state index in [9.17, 15) is 8.42 Å². The fourth-order valence-electron chi connectivity index (χ4n) is 1.74. The van der Waals surface area contributed by atoms with Gasteiger partial charge in [0.05, 0.1) is 17.0 Å². The highest BCUT2D eigenvalue weighted by Gasteiger charge is 2.38. The van der Waals surface area contributed by atoms with Crippen LogP contribution in [0.25, 0.3) is 0 Å². The van der Waals surface area contributed by atoms with Crippen molar-refractivity contribution in [2.24, 2.45) is 16.6 Å². The number of aliphatic imine (C=N–C) groups is 1. The van der Waals surface area contributed by atoms with E-state index in [1.807, 2.05) is 6.92 Å². The van der Waals surface area contributed by atoms with Crippen LogP contribution in [0.5, 0.6) is 0 Å². The van der Waals surface area contributed by atoms with Gasteiger partial charge >= 0.3 is 0 Å². The molecule has 5 nitrogen and oxygen atoms in total. The fraction of sp³-hybridized carbons (Fsp3) is 0.900. The molecule has 0 aromatic carbocycles. The molecule has 16 heavy (non-hydrogen) atoms. The Hall–Kier alpha value is -0.780. The van der Waals surface area contributed by atoms with E-state index in [1.165, 1.54) is 0 Å². The van der Waals surface area contributed by atoms with Gasteiger partial charge in [0.1, 0.15) is 0 Å². The predicted octanol–water partition coefficient (Wildman–Crippen LogP) is 0.124. The van der Waals surface area contributed by atoms with E-state index in [1.54, 1.807) is 0 Å². The Morgan fingerprint density at radius 1 is 1.56 bits per heavy atom. The Morgan fingerprint density at radius 2 is 2.19 bits per heavy atom. The highest BCUT2D eigenvalue weighted by molar-refractivity contribution is 7.91. The normalized spacial score (nSPS) is 29.6. The number of rotatable bonds is 3. The zero-order valence-corrected chi connectivity index (χ0v) is 11.0. The standard InChI is InChI=1S/C10H21N3O2S/c1-8(2)6-12-9(11)13-10(3)4-5-16(14,15)7-10/h8H,4-7H2,1-3H3,(H3,11,12,13). The van der Waals surface area contributed by atoms with Gasteiger partial charge in [-0.05, 0) is 19.3 Å². The Labute approximate surface area is 97.4 Å². The molecule has 0 saturated carbocycles. The second kappa shape index (κ2) is 4.61. The van der Waals surface area contributed by atoms with E-state index in [2.05, 4.69) is 24.2 Å². The lowest BCUT2D eigenvalue weighted by Gasteiger charge is -2.24. The molecule has 0 aliphatic carbocycles. The Balaban J connectivity index is 2.58. The van der Waals surface area contributed by atoms with Crippen LogP contribution in [-0.4, -0.2) is 38.0 Å². The lowest BCUT2D eigenvalue weighted by Crippen LogP contribution is -2.50. The van der Waals surface area contributed by atoms with E-state index in [0.29, 0.717) is 24.8 Å². The summed E-state index contributed by atoms with van der Waals surface area (Å²) in [5.74, 6) is 1.15. The minimum atomic E-state index is -2.90. The van der Waals surface area contributed by atoms with Crippen LogP contribution < -0.4 is 11.1 Å². The second-order valence-electron chi connectivity index (χ2n) is 5.15. The summed E-state index contributed by atoms with van der Waals surface area (Å²) in [5.41, 5.74) is 5.26. The average Bonchev–Trinajstić information content (AvgIpc) is 2.37.